The zero-order chi connectivity index (χ0) is 15.2. The summed E-state index contributed by atoms with van der Waals surface area (Å²) in [4.78, 5) is 2.34. The minimum Gasteiger partial charge on any atom is -0.302 e. The largest absolute Gasteiger partial charge is 0.302 e. The van der Waals surface area contributed by atoms with Crippen molar-refractivity contribution in [3.05, 3.63) is 35.4 Å². The molecule has 0 heterocycles. The monoisotopic (exact) mass is 277 g/mol. The molecule has 0 saturated carbocycles. The summed E-state index contributed by atoms with van der Waals surface area (Å²) in [6, 6.07) is 9.08. The average molecular weight is 277 g/mol. The molecule has 0 atom stereocenters. The standard InChI is InChI=1S/C16H27N.C3H8/c1-4-6-7-8-10-15-11-9-12-16(13-15)14-17(3)5-2;1-3-2/h9,11-13H,4-8,10,14H2,1-3H3;3H2,1-2H3. The minimum atomic E-state index is 1.07. The van der Waals surface area contributed by atoms with Gasteiger partial charge in [0.2, 0.25) is 0 Å². The second-order valence-electron chi connectivity index (χ2n) is 5.67. The Balaban J connectivity index is 0.00000110. The molecular weight excluding hydrogens is 242 g/mol. The molecule has 1 aromatic rings. The van der Waals surface area contributed by atoms with Crippen molar-refractivity contribution in [2.24, 2.45) is 0 Å². The maximum absolute atomic E-state index is 2.37. The number of hydrogen-bond donors (Lipinski definition) is 0. The van der Waals surface area contributed by atoms with Crippen LogP contribution in [0.25, 0.3) is 0 Å². The fraction of sp³-hybridized carbons (Fsp3) is 0.684. The number of unbranched alkanes of at least 4 members (excludes halogenated alkanes) is 3. The summed E-state index contributed by atoms with van der Waals surface area (Å²) >= 11 is 0. The molecule has 1 aromatic carbocycles. The van der Waals surface area contributed by atoms with Crippen molar-refractivity contribution in [2.75, 3.05) is 13.6 Å². The van der Waals surface area contributed by atoms with Crippen LogP contribution < -0.4 is 0 Å². The van der Waals surface area contributed by atoms with Crippen molar-refractivity contribution in [3.8, 4) is 0 Å². The van der Waals surface area contributed by atoms with Crippen LogP contribution in [-0.4, -0.2) is 18.5 Å². The van der Waals surface area contributed by atoms with Gasteiger partial charge in [-0.05, 0) is 37.6 Å². The van der Waals surface area contributed by atoms with E-state index in [-0.39, 0.29) is 0 Å². The Morgan fingerprint density at radius 3 is 2.15 bits per heavy atom. The van der Waals surface area contributed by atoms with Gasteiger partial charge in [0.05, 0.1) is 0 Å². The van der Waals surface area contributed by atoms with Crippen molar-refractivity contribution >= 4 is 0 Å². The van der Waals surface area contributed by atoms with E-state index in [1.807, 2.05) is 0 Å². The fourth-order valence-electron chi connectivity index (χ4n) is 2.06. The van der Waals surface area contributed by atoms with Gasteiger partial charge in [0.25, 0.3) is 0 Å². The fourth-order valence-corrected chi connectivity index (χ4v) is 2.06. The summed E-state index contributed by atoms with van der Waals surface area (Å²) in [5.74, 6) is 0. The van der Waals surface area contributed by atoms with Gasteiger partial charge >= 0.3 is 0 Å². The van der Waals surface area contributed by atoms with Gasteiger partial charge in [0.15, 0.2) is 0 Å². The van der Waals surface area contributed by atoms with E-state index >= 15 is 0 Å². The molecular formula is C19H35N. The van der Waals surface area contributed by atoms with Crippen molar-refractivity contribution in [1.82, 2.24) is 4.90 Å². The van der Waals surface area contributed by atoms with E-state index in [2.05, 4.69) is 63.9 Å². The summed E-state index contributed by atoms with van der Waals surface area (Å²) in [6.45, 7) is 10.9. The summed E-state index contributed by atoms with van der Waals surface area (Å²) in [7, 11) is 2.17. The lowest BCUT2D eigenvalue weighted by molar-refractivity contribution is 0.345. The van der Waals surface area contributed by atoms with Gasteiger partial charge in [0, 0.05) is 6.54 Å². The number of benzene rings is 1. The molecule has 0 bridgehead atoms. The molecule has 116 valence electrons. The van der Waals surface area contributed by atoms with Crippen LogP contribution in [0.4, 0.5) is 0 Å². The van der Waals surface area contributed by atoms with Gasteiger partial charge in [0.1, 0.15) is 0 Å². The third-order valence-electron chi connectivity index (χ3n) is 3.30. The van der Waals surface area contributed by atoms with E-state index < -0.39 is 0 Å². The van der Waals surface area contributed by atoms with Crippen molar-refractivity contribution < 1.29 is 0 Å². The van der Waals surface area contributed by atoms with E-state index in [1.54, 1.807) is 0 Å². The van der Waals surface area contributed by atoms with Crippen LogP contribution in [0.5, 0.6) is 0 Å². The summed E-state index contributed by atoms with van der Waals surface area (Å²) in [5.41, 5.74) is 2.95. The second-order valence-corrected chi connectivity index (χ2v) is 5.67. The maximum Gasteiger partial charge on any atom is 0.0230 e. The molecule has 0 unspecified atom stereocenters. The smallest absolute Gasteiger partial charge is 0.0230 e. The van der Waals surface area contributed by atoms with Gasteiger partial charge in [-0.3, -0.25) is 0 Å². The predicted molar refractivity (Wildman–Crippen MR) is 92.3 cm³/mol. The molecule has 0 aromatic heterocycles. The lowest BCUT2D eigenvalue weighted by Gasteiger charge is -2.14. The lowest BCUT2D eigenvalue weighted by Crippen LogP contribution is -2.16. The molecule has 0 N–H and O–H groups in total. The third-order valence-corrected chi connectivity index (χ3v) is 3.30. The molecule has 0 radical (unpaired) electrons. The minimum absolute atomic E-state index is 1.07. The quantitative estimate of drug-likeness (QED) is 0.553. The Bertz CT molecular complexity index is 319. The molecule has 0 saturated heterocycles. The van der Waals surface area contributed by atoms with Crippen LogP contribution in [0.15, 0.2) is 24.3 Å². The average Bonchev–Trinajstić information content (AvgIpc) is 2.45. The first-order valence-corrected chi connectivity index (χ1v) is 8.44. The maximum atomic E-state index is 2.37. The number of rotatable bonds is 8. The molecule has 1 nitrogen and oxygen atoms in total. The van der Waals surface area contributed by atoms with Gasteiger partial charge < -0.3 is 4.90 Å². The van der Waals surface area contributed by atoms with E-state index in [0.717, 1.165) is 13.1 Å². The molecule has 0 fully saturated rings. The van der Waals surface area contributed by atoms with Crippen molar-refractivity contribution in [1.29, 1.82) is 0 Å². The summed E-state index contributed by atoms with van der Waals surface area (Å²) in [5, 5.41) is 0. The zero-order valence-corrected chi connectivity index (χ0v) is 14.4. The summed E-state index contributed by atoms with van der Waals surface area (Å²) in [6.07, 6.45) is 7.89. The summed E-state index contributed by atoms with van der Waals surface area (Å²) < 4.78 is 0. The molecule has 20 heavy (non-hydrogen) atoms. The topological polar surface area (TPSA) is 3.24 Å². The van der Waals surface area contributed by atoms with Crippen LogP contribution in [0.2, 0.25) is 0 Å². The van der Waals surface area contributed by atoms with E-state index in [1.165, 1.54) is 49.7 Å². The van der Waals surface area contributed by atoms with E-state index in [4.69, 9.17) is 0 Å². The van der Waals surface area contributed by atoms with Gasteiger partial charge in [-0.15, -0.1) is 0 Å². The first-order valence-electron chi connectivity index (χ1n) is 8.44. The number of hydrogen-bond acceptors (Lipinski definition) is 1. The van der Waals surface area contributed by atoms with E-state index in [0.29, 0.717) is 0 Å². The van der Waals surface area contributed by atoms with E-state index in [9.17, 15) is 0 Å². The highest BCUT2D eigenvalue weighted by atomic mass is 15.1. The van der Waals surface area contributed by atoms with Crippen molar-refractivity contribution in [3.63, 3.8) is 0 Å². The third kappa shape index (κ3) is 10.0. The van der Waals surface area contributed by atoms with Crippen LogP contribution in [-0.2, 0) is 13.0 Å². The Morgan fingerprint density at radius 2 is 1.55 bits per heavy atom. The highest BCUT2D eigenvalue weighted by molar-refractivity contribution is 5.23. The highest BCUT2D eigenvalue weighted by Gasteiger charge is 1.99. The Kier molecular flexibility index (Phi) is 12.6. The SMILES string of the molecule is CCC.CCCCCCc1cccc(CN(C)CC)c1. The van der Waals surface area contributed by atoms with Gasteiger partial charge in [-0.2, -0.15) is 0 Å². The Labute approximate surface area is 127 Å². The Hall–Kier alpha value is -0.820. The van der Waals surface area contributed by atoms with Crippen molar-refractivity contribution in [2.45, 2.75) is 72.8 Å². The first kappa shape index (κ1) is 19.2. The predicted octanol–water partition coefficient (Wildman–Crippen LogP) is 5.68. The molecule has 0 aliphatic heterocycles. The van der Waals surface area contributed by atoms with Gasteiger partial charge in [-0.1, -0.05) is 77.6 Å². The molecule has 0 spiro atoms. The molecule has 1 rings (SSSR count). The molecule has 0 amide bonds. The number of aryl methyl sites for hydroxylation is 1. The van der Waals surface area contributed by atoms with Crippen LogP contribution in [0.1, 0.15) is 70.9 Å². The number of nitrogens with zero attached hydrogens (tertiary/aromatic N) is 1. The van der Waals surface area contributed by atoms with Gasteiger partial charge in [-0.25, -0.2) is 0 Å². The zero-order valence-electron chi connectivity index (χ0n) is 14.4. The molecule has 0 aliphatic carbocycles. The lowest BCUT2D eigenvalue weighted by atomic mass is 10.0. The second kappa shape index (κ2) is 13.2. The molecule has 0 aliphatic rings. The van der Waals surface area contributed by atoms with Crippen LogP contribution in [0, 0.1) is 0 Å². The Morgan fingerprint density at radius 1 is 0.900 bits per heavy atom. The normalized spacial score (nSPS) is 10.3. The molecule has 1 heteroatoms. The van der Waals surface area contributed by atoms with Crippen LogP contribution in [0.3, 0.4) is 0 Å². The van der Waals surface area contributed by atoms with Crippen LogP contribution >= 0.6 is 0 Å². The first-order chi connectivity index (χ1) is 9.67. The highest BCUT2D eigenvalue weighted by Crippen LogP contribution is 2.11.